The van der Waals surface area contributed by atoms with Crippen LogP contribution < -0.4 is 5.32 Å². The van der Waals surface area contributed by atoms with Crippen molar-refractivity contribution >= 4 is 23.6 Å². The van der Waals surface area contributed by atoms with Crippen LogP contribution in [0.4, 0.5) is 5.69 Å². The SMILES string of the molecule is CC(C)OC(=O)CC(NC(=O)/C=C/c1ccc([N+](=O)[O-])cc1)c1ccccc1. The first-order valence-corrected chi connectivity index (χ1v) is 8.82. The van der Waals surface area contributed by atoms with Crippen LogP contribution in [0.5, 0.6) is 0 Å². The van der Waals surface area contributed by atoms with Crippen LogP contribution in [0.25, 0.3) is 6.08 Å². The van der Waals surface area contributed by atoms with Gasteiger partial charge in [0.25, 0.3) is 5.69 Å². The van der Waals surface area contributed by atoms with Crippen molar-refractivity contribution in [1.29, 1.82) is 0 Å². The van der Waals surface area contributed by atoms with Crippen LogP contribution >= 0.6 is 0 Å². The van der Waals surface area contributed by atoms with Crippen molar-refractivity contribution in [3.05, 3.63) is 81.9 Å². The predicted octanol–water partition coefficient (Wildman–Crippen LogP) is 3.81. The number of carbonyl (C=O) groups is 2. The number of non-ortho nitro benzene ring substituents is 1. The van der Waals surface area contributed by atoms with E-state index in [0.29, 0.717) is 5.56 Å². The molecule has 1 unspecified atom stereocenters. The summed E-state index contributed by atoms with van der Waals surface area (Å²) in [6, 6.07) is 14.5. The number of carbonyl (C=O) groups excluding carboxylic acids is 2. The number of nitrogens with one attached hydrogen (secondary N) is 1. The monoisotopic (exact) mass is 382 g/mol. The highest BCUT2D eigenvalue weighted by Gasteiger charge is 2.19. The number of benzene rings is 2. The molecule has 0 aliphatic carbocycles. The van der Waals surface area contributed by atoms with Gasteiger partial charge >= 0.3 is 5.97 Å². The fourth-order valence-electron chi connectivity index (χ4n) is 2.51. The Morgan fingerprint density at radius 2 is 1.75 bits per heavy atom. The summed E-state index contributed by atoms with van der Waals surface area (Å²) in [5, 5.41) is 13.5. The minimum atomic E-state index is -0.526. The molecule has 0 aromatic heterocycles. The van der Waals surface area contributed by atoms with Crippen LogP contribution in [0.1, 0.15) is 37.4 Å². The maximum absolute atomic E-state index is 12.3. The second-order valence-corrected chi connectivity index (χ2v) is 6.40. The average Bonchev–Trinajstić information content (AvgIpc) is 2.66. The third kappa shape index (κ3) is 6.68. The van der Waals surface area contributed by atoms with Crippen molar-refractivity contribution in [3.63, 3.8) is 0 Å². The van der Waals surface area contributed by atoms with E-state index in [1.165, 1.54) is 18.2 Å². The Balaban J connectivity index is 2.06. The fourth-order valence-corrected chi connectivity index (χ4v) is 2.51. The van der Waals surface area contributed by atoms with E-state index in [1.807, 2.05) is 30.3 Å². The molecule has 2 aromatic rings. The van der Waals surface area contributed by atoms with Crippen molar-refractivity contribution in [1.82, 2.24) is 5.32 Å². The summed E-state index contributed by atoms with van der Waals surface area (Å²) in [5.74, 6) is -0.784. The molecule has 28 heavy (non-hydrogen) atoms. The number of rotatable bonds is 8. The summed E-state index contributed by atoms with van der Waals surface area (Å²) in [7, 11) is 0. The van der Waals surface area contributed by atoms with E-state index in [-0.39, 0.29) is 24.1 Å². The highest BCUT2D eigenvalue weighted by Crippen LogP contribution is 2.18. The molecule has 7 heteroatoms. The molecule has 1 N–H and O–H groups in total. The van der Waals surface area contributed by atoms with Crippen molar-refractivity contribution in [2.45, 2.75) is 32.4 Å². The molecule has 7 nitrogen and oxygen atoms in total. The lowest BCUT2D eigenvalue weighted by Gasteiger charge is -2.18. The van der Waals surface area contributed by atoms with E-state index >= 15 is 0 Å². The number of nitrogens with zero attached hydrogens (tertiary/aromatic N) is 1. The summed E-state index contributed by atoms with van der Waals surface area (Å²) in [4.78, 5) is 34.5. The van der Waals surface area contributed by atoms with E-state index in [0.717, 1.165) is 5.56 Å². The number of nitro benzene ring substituents is 1. The topological polar surface area (TPSA) is 98.5 Å². The highest BCUT2D eigenvalue weighted by molar-refractivity contribution is 5.92. The highest BCUT2D eigenvalue weighted by atomic mass is 16.6. The molecule has 0 saturated heterocycles. The summed E-state index contributed by atoms with van der Waals surface area (Å²) in [5.41, 5.74) is 1.42. The third-order valence-electron chi connectivity index (χ3n) is 3.79. The number of hydrogen-bond donors (Lipinski definition) is 1. The first kappa shape index (κ1) is 20.8. The molecule has 0 saturated carbocycles. The Morgan fingerprint density at radius 3 is 2.32 bits per heavy atom. The first-order chi connectivity index (χ1) is 13.3. The van der Waals surface area contributed by atoms with Crippen LogP contribution in [-0.4, -0.2) is 22.9 Å². The van der Waals surface area contributed by atoms with E-state index in [4.69, 9.17) is 4.74 Å². The van der Waals surface area contributed by atoms with Gasteiger partial charge in [-0.3, -0.25) is 19.7 Å². The summed E-state index contributed by atoms with van der Waals surface area (Å²) in [6.45, 7) is 3.53. The van der Waals surface area contributed by atoms with Gasteiger partial charge in [0, 0.05) is 18.2 Å². The van der Waals surface area contributed by atoms with E-state index < -0.39 is 16.9 Å². The van der Waals surface area contributed by atoms with Gasteiger partial charge in [-0.15, -0.1) is 0 Å². The van der Waals surface area contributed by atoms with Crippen molar-refractivity contribution in [3.8, 4) is 0 Å². The number of amides is 1. The molecule has 0 aliphatic rings. The van der Waals surface area contributed by atoms with E-state index in [2.05, 4.69) is 5.32 Å². The molecule has 0 bridgehead atoms. The number of hydrogen-bond acceptors (Lipinski definition) is 5. The van der Waals surface area contributed by atoms with Crippen molar-refractivity contribution in [2.75, 3.05) is 0 Å². The number of nitro groups is 1. The zero-order valence-corrected chi connectivity index (χ0v) is 15.7. The Bertz CT molecular complexity index is 845. The minimum absolute atomic E-state index is 0.0132. The van der Waals surface area contributed by atoms with Gasteiger partial charge in [-0.05, 0) is 43.2 Å². The zero-order chi connectivity index (χ0) is 20.5. The molecule has 2 rings (SSSR count). The maximum Gasteiger partial charge on any atom is 0.308 e. The van der Waals surface area contributed by atoms with Gasteiger partial charge in [0.1, 0.15) is 0 Å². The lowest BCUT2D eigenvalue weighted by atomic mass is 10.0. The molecule has 0 aliphatic heterocycles. The molecule has 1 atom stereocenters. The lowest BCUT2D eigenvalue weighted by molar-refractivity contribution is -0.384. The third-order valence-corrected chi connectivity index (χ3v) is 3.79. The molecule has 1 amide bonds. The van der Waals surface area contributed by atoms with Crippen molar-refractivity contribution < 1.29 is 19.2 Å². The Hall–Kier alpha value is -3.48. The van der Waals surface area contributed by atoms with Gasteiger partial charge < -0.3 is 10.1 Å². The van der Waals surface area contributed by atoms with Gasteiger partial charge in [-0.1, -0.05) is 30.3 Å². The standard InChI is InChI=1S/C21H22N2O5/c1-15(2)28-21(25)14-19(17-6-4-3-5-7-17)22-20(24)13-10-16-8-11-18(12-9-16)23(26)27/h3-13,15,19H,14H2,1-2H3,(H,22,24)/b13-10+. The lowest BCUT2D eigenvalue weighted by Crippen LogP contribution is -2.29. The second-order valence-electron chi connectivity index (χ2n) is 6.40. The Labute approximate surface area is 163 Å². The fraction of sp³-hybridized carbons (Fsp3) is 0.238. The predicted molar refractivity (Wildman–Crippen MR) is 105 cm³/mol. The van der Waals surface area contributed by atoms with Gasteiger partial charge in [-0.2, -0.15) is 0 Å². The Morgan fingerprint density at radius 1 is 1.11 bits per heavy atom. The summed E-state index contributed by atoms with van der Waals surface area (Å²) < 4.78 is 5.18. The average molecular weight is 382 g/mol. The quantitative estimate of drug-likeness (QED) is 0.324. The Kier molecular flexibility index (Phi) is 7.45. The van der Waals surface area contributed by atoms with Gasteiger partial charge in [0.2, 0.25) is 5.91 Å². The van der Waals surface area contributed by atoms with Gasteiger partial charge in [0.15, 0.2) is 0 Å². The normalized spacial score (nSPS) is 12.0. The smallest absolute Gasteiger partial charge is 0.308 e. The van der Waals surface area contributed by atoms with Crippen LogP contribution in [0.15, 0.2) is 60.7 Å². The first-order valence-electron chi connectivity index (χ1n) is 8.82. The number of esters is 1. The van der Waals surface area contributed by atoms with Crippen molar-refractivity contribution in [2.24, 2.45) is 0 Å². The molecule has 0 radical (unpaired) electrons. The van der Waals surface area contributed by atoms with Gasteiger partial charge in [-0.25, -0.2) is 0 Å². The summed E-state index contributed by atoms with van der Waals surface area (Å²) in [6.07, 6.45) is 2.65. The minimum Gasteiger partial charge on any atom is -0.463 e. The maximum atomic E-state index is 12.3. The van der Waals surface area contributed by atoms with Crippen LogP contribution in [0.3, 0.4) is 0 Å². The molecular weight excluding hydrogens is 360 g/mol. The van der Waals surface area contributed by atoms with Crippen LogP contribution in [0.2, 0.25) is 0 Å². The molecule has 0 fully saturated rings. The van der Waals surface area contributed by atoms with Gasteiger partial charge in [0.05, 0.1) is 23.5 Å². The molecule has 0 spiro atoms. The van der Waals surface area contributed by atoms with E-state index in [9.17, 15) is 19.7 Å². The number of ether oxygens (including phenoxy) is 1. The molecule has 2 aromatic carbocycles. The zero-order valence-electron chi connectivity index (χ0n) is 15.7. The van der Waals surface area contributed by atoms with E-state index in [1.54, 1.807) is 32.1 Å². The van der Waals surface area contributed by atoms with Crippen LogP contribution in [0, 0.1) is 10.1 Å². The molecule has 0 heterocycles. The van der Waals surface area contributed by atoms with Crippen LogP contribution in [-0.2, 0) is 14.3 Å². The molecule has 146 valence electrons. The largest absolute Gasteiger partial charge is 0.463 e. The summed E-state index contributed by atoms with van der Waals surface area (Å²) >= 11 is 0. The second kappa shape index (κ2) is 10.0. The molecular formula is C21H22N2O5.